The highest BCUT2D eigenvalue weighted by Crippen LogP contribution is 1.85. The molecule has 1 N–H and O–H groups in total. The van der Waals surface area contributed by atoms with Gasteiger partial charge in [0, 0.05) is 6.20 Å². The van der Waals surface area contributed by atoms with Crippen LogP contribution >= 0.6 is 0 Å². The number of H-pyrrole nitrogens is 1. The highest BCUT2D eigenvalue weighted by Gasteiger charge is 1.82. The van der Waals surface area contributed by atoms with Crippen LogP contribution in [-0.4, -0.2) is 10.2 Å². The maximum absolute atomic E-state index is 8.12. The van der Waals surface area contributed by atoms with Crippen LogP contribution < -0.4 is 0 Å². The quantitative estimate of drug-likeness (QED) is 0.505. The lowest BCUT2D eigenvalue weighted by atomic mass is 10.4. The fraction of sp³-hybridized carbons (Fsp3) is 0. The molecular formula is C4H4N3+. The van der Waals surface area contributed by atoms with Gasteiger partial charge in [-0.15, -0.1) is 0 Å². The molecule has 1 aromatic heterocycles. The first-order valence-electron chi connectivity index (χ1n) is 1.82. The Bertz CT molecular complexity index is 174. The van der Waals surface area contributed by atoms with Gasteiger partial charge in [0.1, 0.15) is 6.07 Å². The van der Waals surface area contributed by atoms with Crippen molar-refractivity contribution in [2.75, 3.05) is 0 Å². The first-order chi connectivity index (χ1) is 3.43. The summed E-state index contributed by atoms with van der Waals surface area (Å²) in [5.74, 6) is 0. The molecule has 0 bridgehead atoms. The van der Waals surface area contributed by atoms with Crippen LogP contribution in [0, 0.1) is 11.3 Å². The van der Waals surface area contributed by atoms with E-state index in [0.29, 0.717) is 5.56 Å². The Morgan fingerprint density at radius 3 is 3.14 bits per heavy atom. The van der Waals surface area contributed by atoms with Crippen LogP contribution in [0.4, 0.5) is 0 Å². The maximum atomic E-state index is 8.12. The number of aromatic amines is 1. The van der Waals surface area contributed by atoms with Gasteiger partial charge in [0.2, 0.25) is 0 Å². The van der Waals surface area contributed by atoms with Crippen LogP contribution in [0.3, 0.4) is 0 Å². The highest BCUT2D eigenvalue weighted by molar-refractivity contribution is 5.20. The van der Waals surface area contributed by atoms with E-state index in [1.807, 2.05) is 6.07 Å². The standard InChI is InChI=1S/C4H3N3/c5-1-4-2-6-7-3-4/h2-3H,(H,6,7)/p+1. The second-order valence-electron chi connectivity index (χ2n) is 1.10. The van der Waals surface area contributed by atoms with E-state index < -0.39 is 0 Å². The molecule has 0 aromatic carbocycles. The van der Waals surface area contributed by atoms with Crippen molar-refractivity contribution in [3.8, 4) is 6.07 Å². The van der Waals surface area contributed by atoms with Crippen molar-refractivity contribution in [2.45, 2.75) is 0 Å². The van der Waals surface area contributed by atoms with E-state index in [1.54, 1.807) is 6.20 Å². The minimum absolute atomic E-state index is 0. The smallest absolute Gasteiger partial charge is 0.284 e. The third-order valence-electron chi connectivity index (χ3n) is 0.627. The monoisotopic (exact) mass is 94.0 g/mol. The van der Waals surface area contributed by atoms with Crippen molar-refractivity contribution in [1.82, 2.24) is 10.2 Å². The number of nitrogens with one attached hydrogen (secondary N) is 1. The van der Waals surface area contributed by atoms with Crippen molar-refractivity contribution in [2.24, 2.45) is 0 Å². The molecule has 0 aliphatic rings. The normalized spacial score (nSPS) is 7.86. The maximum Gasteiger partial charge on any atom is 1.00 e. The summed E-state index contributed by atoms with van der Waals surface area (Å²) in [6, 6.07) is 1.91. The molecule has 34 valence electrons. The Morgan fingerprint density at radius 2 is 2.86 bits per heavy atom. The van der Waals surface area contributed by atoms with Gasteiger partial charge in [-0.25, -0.2) is 0 Å². The predicted octanol–water partition coefficient (Wildman–Crippen LogP) is 0.394. The van der Waals surface area contributed by atoms with Gasteiger partial charge in [0.15, 0.2) is 0 Å². The fourth-order valence-electron chi connectivity index (χ4n) is 0.312. The fourth-order valence-corrected chi connectivity index (χ4v) is 0.312. The average molecular weight is 94.1 g/mol. The van der Waals surface area contributed by atoms with Crippen LogP contribution in [0.1, 0.15) is 6.99 Å². The zero-order chi connectivity index (χ0) is 5.11. The Labute approximate surface area is 42.1 Å². The third-order valence-corrected chi connectivity index (χ3v) is 0.627. The molecule has 3 heteroatoms. The Morgan fingerprint density at radius 1 is 2.00 bits per heavy atom. The van der Waals surface area contributed by atoms with E-state index in [4.69, 9.17) is 5.26 Å². The highest BCUT2D eigenvalue weighted by atomic mass is 15.1. The van der Waals surface area contributed by atoms with Gasteiger partial charge in [0.05, 0.1) is 11.8 Å². The number of aromatic nitrogens is 2. The van der Waals surface area contributed by atoms with Gasteiger partial charge < -0.3 is 0 Å². The number of nitrogens with zero attached hydrogens (tertiary/aromatic N) is 2. The Hall–Kier alpha value is -1.30. The van der Waals surface area contributed by atoms with Crippen molar-refractivity contribution in [3.05, 3.63) is 18.0 Å². The molecule has 0 aliphatic heterocycles. The zero-order valence-corrected chi connectivity index (χ0v) is 3.55. The molecule has 0 amide bonds. The van der Waals surface area contributed by atoms with E-state index in [2.05, 4.69) is 10.2 Å². The summed E-state index contributed by atoms with van der Waals surface area (Å²) in [6.45, 7) is 0. The zero-order valence-electron chi connectivity index (χ0n) is 4.55. The van der Waals surface area contributed by atoms with Gasteiger partial charge in [0.25, 0.3) is 0 Å². The molecule has 0 saturated heterocycles. The van der Waals surface area contributed by atoms with Crippen LogP contribution in [0.2, 0.25) is 0 Å². The first kappa shape index (κ1) is 3.88. The lowest BCUT2D eigenvalue weighted by molar-refractivity contribution is 1.09. The van der Waals surface area contributed by atoms with E-state index in [-0.39, 0.29) is 1.43 Å². The molecule has 0 unspecified atom stereocenters. The van der Waals surface area contributed by atoms with Gasteiger partial charge in [-0.05, 0) is 0 Å². The van der Waals surface area contributed by atoms with E-state index in [0.717, 1.165) is 0 Å². The molecule has 0 atom stereocenters. The van der Waals surface area contributed by atoms with Crippen LogP contribution in [0.15, 0.2) is 12.4 Å². The molecule has 7 heavy (non-hydrogen) atoms. The molecule has 0 radical (unpaired) electrons. The topological polar surface area (TPSA) is 52.5 Å². The van der Waals surface area contributed by atoms with Crippen LogP contribution in [0.5, 0.6) is 0 Å². The second kappa shape index (κ2) is 1.43. The summed E-state index contributed by atoms with van der Waals surface area (Å²) in [5, 5.41) is 14.2. The number of nitriles is 1. The number of hydrogen-bond donors (Lipinski definition) is 1. The van der Waals surface area contributed by atoms with Crippen molar-refractivity contribution >= 4 is 0 Å². The molecular weight excluding hydrogens is 90.1 g/mol. The molecule has 0 aliphatic carbocycles. The molecule has 1 rings (SSSR count). The van der Waals surface area contributed by atoms with Crippen molar-refractivity contribution in [1.29, 1.82) is 5.26 Å². The SMILES string of the molecule is N#Cc1cn[nH]c1.[H+]. The second-order valence-corrected chi connectivity index (χ2v) is 1.10. The third kappa shape index (κ3) is 0.578. The predicted molar refractivity (Wildman–Crippen MR) is 24.4 cm³/mol. The number of hydrogen-bond acceptors (Lipinski definition) is 2. The van der Waals surface area contributed by atoms with E-state index >= 15 is 0 Å². The van der Waals surface area contributed by atoms with Crippen LogP contribution in [0.25, 0.3) is 0 Å². The van der Waals surface area contributed by atoms with Gasteiger partial charge in [-0.3, -0.25) is 5.10 Å². The van der Waals surface area contributed by atoms with Crippen molar-refractivity contribution < 1.29 is 1.43 Å². The molecule has 1 aromatic rings. The molecule has 3 nitrogen and oxygen atoms in total. The number of rotatable bonds is 0. The van der Waals surface area contributed by atoms with E-state index in [1.165, 1.54) is 6.20 Å². The summed E-state index contributed by atoms with van der Waals surface area (Å²) in [7, 11) is 0. The van der Waals surface area contributed by atoms with Crippen molar-refractivity contribution in [3.63, 3.8) is 0 Å². The molecule has 1 heterocycles. The summed E-state index contributed by atoms with van der Waals surface area (Å²) in [5.41, 5.74) is 0.569. The first-order valence-corrected chi connectivity index (χ1v) is 1.82. The van der Waals surface area contributed by atoms with Gasteiger partial charge in [-0.2, -0.15) is 10.4 Å². The molecule has 0 saturated carbocycles. The molecule has 0 spiro atoms. The Balaban J connectivity index is 0.000000490. The summed E-state index contributed by atoms with van der Waals surface area (Å²) in [6.07, 6.45) is 3.01. The largest absolute Gasteiger partial charge is 1.00 e. The van der Waals surface area contributed by atoms with Crippen LogP contribution in [-0.2, 0) is 0 Å². The van der Waals surface area contributed by atoms with E-state index in [9.17, 15) is 0 Å². The summed E-state index contributed by atoms with van der Waals surface area (Å²) in [4.78, 5) is 0. The lowest BCUT2D eigenvalue weighted by Gasteiger charge is -1.59. The van der Waals surface area contributed by atoms with Gasteiger partial charge in [-0.1, -0.05) is 0 Å². The Kier molecular flexibility index (Phi) is 0.794. The average Bonchev–Trinajstić information content (AvgIpc) is 2.14. The summed E-state index contributed by atoms with van der Waals surface area (Å²) < 4.78 is 0. The minimum atomic E-state index is 0. The lowest BCUT2D eigenvalue weighted by Crippen LogP contribution is -1.56. The van der Waals surface area contributed by atoms with Gasteiger partial charge >= 0.3 is 1.43 Å². The molecule has 0 fully saturated rings. The minimum Gasteiger partial charge on any atom is -0.284 e. The summed E-state index contributed by atoms with van der Waals surface area (Å²) >= 11 is 0.